The number of likely N-dealkylation sites (tertiary alicyclic amines) is 1. The minimum atomic E-state index is -0.624. The molecule has 0 N–H and O–H groups in total. The van der Waals surface area contributed by atoms with Gasteiger partial charge in [0, 0.05) is 10.9 Å². The number of ether oxygens (including phenoxy) is 1. The highest BCUT2D eigenvalue weighted by molar-refractivity contribution is 6.30. The van der Waals surface area contributed by atoms with Crippen LogP contribution >= 0.6 is 11.6 Å². The van der Waals surface area contributed by atoms with Gasteiger partial charge in [-0.05, 0) is 43.9 Å². The van der Waals surface area contributed by atoms with E-state index >= 15 is 0 Å². The molecule has 2 fully saturated rings. The topological polar surface area (TPSA) is 76.6 Å². The number of esters is 1. The largest absolute Gasteiger partial charge is 0.459 e. The van der Waals surface area contributed by atoms with E-state index < -0.39 is 5.97 Å². The molecule has 0 bridgehead atoms. The summed E-state index contributed by atoms with van der Waals surface area (Å²) in [6, 6.07) is 5.81. The zero-order chi connectivity index (χ0) is 20.7. The molecule has 6 nitrogen and oxygen atoms in total. The second-order valence-electron chi connectivity index (χ2n) is 7.94. The van der Waals surface area contributed by atoms with Crippen LogP contribution in [0.2, 0.25) is 5.15 Å². The number of hydrogen-bond donors (Lipinski definition) is 0. The van der Waals surface area contributed by atoms with Crippen LogP contribution in [0.5, 0.6) is 0 Å². The minimum Gasteiger partial charge on any atom is -0.459 e. The van der Waals surface area contributed by atoms with E-state index in [-0.39, 0.29) is 42.0 Å². The number of fused-ring (bicyclic) bond motifs is 2. The first-order chi connectivity index (χ1) is 13.9. The molecule has 2 heterocycles. The minimum absolute atomic E-state index is 0.0589. The van der Waals surface area contributed by atoms with Crippen molar-refractivity contribution in [2.75, 3.05) is 6.54 Å². The van der Waals surface area contributed by atoms with Gasteiger partial charge < -0.3 is 4.74 Å². The van der Waals surface area contributed by atoms with Crippen LogP contribution in [0.25, 0.3) is 10.9 Å². The smallest absolute Gasteiger partial charge is 0.326 e. The number of pyridine rings is 1. The van der Waals surface area contributed by atoms with Gasteiger partial charge in [0.25, 0.3) is 0 Å². The molecule has 1 aliphatic carbocycles. The van der Waals surface area contributed by atoms with E-state index in [9.17, 15) is 14.4 Å². The highest BCUT2D eigenvalue weighted by atomic mass is 35.5. The van der Waals surface area contributed by atoms with Crippen LogP contribution in [-0.4, -0.2) is 34.2 Å². The Labute approximate surface area is 174 Å². The quantitative estimate of drug-likeness (QED) is 0.433. The fourth-order valence-electron chi connectivity index (χ4n) is 4.33. The SMILES string of the molecule is Cc1ccc2cc(COC(=O)CN3C(=O)[C@H]4CCCC[C@H]4C3=O)c(Cl)nc2c1C. The van der Waals surface area contributed by atoms with Gasteiger partial charge in [-0.2, -0.15) is 0 Å². The van der Waals surface area contributed by atoms with Crippen molar-refractivity contribution in [2.45, 2.75) is 46.1 Å². The Morgan fingerprint density at radius 1 is 1.17 bits per heavy atom. The van der Waals surface area contributed by atoms with E-state index in [1.807, 2.05) is 32.0 Å². The summed E-state index contributed by atoms with van der Waals surface area (Å²) in [6.45, 7) is 3.59. The van der Waals surface area contributed by atoms with Crippen molar-refractivity contribution >= 4 is 40.3 Å². The van der Waals surface area contributed by atoms with Gasteiger partial charge in [0.15, 0.2) is 0 Å². The number of hydrogen-bond acceptors (Lipinski definition) is 5. The molecule has 2 aromatic rings. The summed E-state index contributed by atoms with van der Waals surface area (Å²) in [4.78, 5) is 42.8. The van der Waals surface area contributed by atoms with Crippen molar-refractivity contribution in [2.24, 2.45) is 11.8 Å². The Balaban J connectivity index is 1.43. The number of carbonyl (C=O) groups excluding carboxylic acids is 3. The van der Waals surface area contributed by atoms with E-state index in [1.165, 1.54) is 0 Å². The van der Waals surface area contributed by atoms with Crippen LogP contribution in [-0.2, 0) is 25.7 Å². The fraction of sp³-hybridized carbons (Fsp3) is 0.455. The van der Waals surface area contributed by atoms with Crippen molar-refractivity contribution in [1.82, 2.24) is 9.88 Å². The molecular formula is C22H23ClN2O4. The lowest BCUT2D eigenvalue weighted by molar-refractivity contribution is -0.153. The molecule has 29 heavy (non-hydrogen) atoms. The summed E-state index contributed by atoms with van der Waals surface area (Å²) in [6.07, 6.45) is 3.34. The molecule has 2 amide bonds. The number of aryl methyl sites for hydroxylation is 2. The van der Waals surface area contributed by atoms with Crippen molar-refractivity contribution in [1.29, 1.82) is 0 Å². The average Bonchev–Trinajstić information content (AvgIpc) is 2.95. The van der Waals surface area contributed by atoms with Crippen LogP contribution < -0.4 is 0 Å². The normalized spacial score (nSPS) is 21.6. The van der Waals surface area contributed by atoms with Crippen LogP contribution in [0, 0.1) is 25.7 Å². The van der Waals surface area contributed by atoms with Crippen LogP contribution in [0.15, 0.2) is 18.2 Å². The average molecular weight is 415 g/mol. The lowest BCUT2D eigenvalue weighted by Crippen LogP contribution is -2.36. The third-order valence-corrected chi connectivity index (χ3v) is 6.47. The predicted octanol–water partition coefficient (Wildman–Crippen LogP) is 3.72. The number of halogens is 1. The maximum absolute atomic E-state index is 12.5. The molecule has 0 spiro atoms. The molecule has 2 aliphatic rings. The van der Waals surface area contributed by atoms with Crippen molar-refractivity contribution in [3.63, 3.8) is 0 Å². The summed E-state index contributed by atoms with van der Waals surface area (Å²) in [7, 11) is 0. The van der Waals surface area contributed by atoms with Crippen molar-refractivity contribution < 1.29 is 19.1 Å². The number of amides is 2. The zero-order valence-electron chi connectivity index (χ0n) is 16.5. The molecule has 1 saturated carbocycles. The zero-order valence-corrected chi connectivity index (χ0v) is 17.3. The molecule has 2 atom stereocenters. The number of imide groups is 1. The van der Waals surface area contributed by atoms with Gasteiger partial charge in [-0.25, -0.2) is 4.98 Å². The molecule has 1 aliphatic heterocycles. The number of benzene rings is 1. The van der Waals surface area contributed by atoms with Crippen molar-refractivity contribution in [3.05, 3.63) is 40.0 Å². The van der Waals surface area contributed by atoms with Crippen LogP contribution in [0.4, 0.5) is 0 Å². The number of carbonyl (C=O) groups is 3. The second-order valence-corrected chi connectivity index (χ2v) is 8.30. The van der Waals surface area contributed by atoms with Crippen LogP contribution in [0.1, 0.15) is 42.4 Å². The van der Waals surface area contributed by atoms with E-state index in [2.05, 4.69) is 4.98 Å². The highest BCUT2D eigenvalue weighted by Crippen LogP contribution is 2.37. The third-order valence-electron chi connectivity index (χ3n) is 6.15. The molecule has 1 aromatic carbocycles. The molecule has 1 saturated heterocycles. The van der Waals surface area contributed by atoms with Gasteiger partial charge in [-0.3, -0.25) is 19.3 Å². The number of nitrogens with zero attached hydrogens (tertiary/aromatic N) is 2. The predicted molar refractivity (Wildman–Crippen MR) is 108 cm³/mol. The molecular weight excluding hydrogens is 392 g/mol. The number of rotatable bonds is 4. The molecule has 152 valence electrons. The van der Waals surface area contributed by atoms with Gasteiger partial charge in [-0.1, -0.05) is 36.6 Å². The van der Waals surface area contributed by atoms with E-state index in [4.69, 9.17) is 16.3 Å². The standard InChI is InChI=1S/C22H23ClN2O4/c1-12-7-8-14-9-15(20(23)24-19(14)13(12)2)11-29-18(26)10-25-21(27)16-5-3-4-6-17(16)22(25)28/h7-9,16-17H,3-6,10-11H2,1-2H3/t16-,17+. The summed E-state index contributed by atoms with van der Waals surface area (Å²) in [5, 5.41) is 1.19. The molecule has 4 rings (SSSR count). The molecule has 7 heteroatoms. The Bertz CT molecular complexity index is 996. The first kappa shape index (κ1) is 19.8. The Morgan fingerprint density at radius 2 is 1.83 bits per heavy atom. The van der Waals surface area contributed by atoms with E-state index in [0.717, 1.165) is 52.6 Å². The van der Waals surface area contributed by atoms with Gasteiger partial charge in [0.2, 0.25) is 11.8 Å². The fourth-order valence-corrected chi connectivity index (χ4v) is 4.52. The lowest BCUT2D eigenvalue weighted by atomic mass is 9.81. The Hall–Kier alpha value is -2.47. The maximum Gasteiger partial charge on any atom is 0.326 e. The first-order valence-corrected chi connectivity index (χ1v) is 10.3. The van der Waals surface area contributed by atoms with Gasteiger partial charge in [-0.15, -0.1) is 0 Å². The monoisotopic (exact) mass is 414 g/mol. The molecule has 1 aromatic heterocycles. The Kier molecular flexibility index (Phi) is 5.30. The number of aromatic nitrogens is 1. The second kappa shape index (κ2) is 7.75. The maximum atomic E-state index is 12.5. The van der Waals surface area contributed by atoms with E-state index in [1.54, 1.807) is 0 Å². The lowest BCUT2D eigenvalue weighted by Gasteiger charge is -2.19. The van der Waals surface area contributed by atoms with Gasteiger partial charge in [0.1, 0.15) is 18.3 Å². The van der Waals surface area contributed by atoms with E-state index in [0.29, 0.717) is 5.56 Å². The van der Waals surface area contributed by atoms with Crippen LogP contribution in [0.3, 0.4) is 0 Å². The summed E-state index contributed by atoms with van der Waals surface area (Å²) < 4.78 is 5.31. The summed E-state index contributed by atoms with van der Waals surface area (Å²) >= 11 is 6.29. The Morgan fingerprint density at radius 3 is 2.48 bits per heavy atom. The first-order valence-electron chi connectivity index (χ1n) is 9.93. The molecule has 0 radical (unpaired) electrons. The third kappa shape index (κ3) is 3.62. The summed E-state index contributed by atoms with van der Waals surface area (Å²) in [5.74, 6) is -1.65. The van der Waals surface area contributed by atoms with Gasteiger partial charge >= 0.3 is 5.97 Å². The summed E-state index contributed by atoms with van der Waals surface area (Å²) in [5.41, 5.74) is 3.59. The van der Waals surface area contributed by atoms with Gasteiger partial charge in [0.05, 0.1) is 17.4 Å². The molecule has 0 unspecified atom stereocenters. The highest BCUT2D eigenvalue weighted by Gasteiger charge is 2.48. The van der Waals surface area contributed by atoms with Crippen molar-refractivity contribution in [3.8, 4) is 0 Å².